The molecule has 0 bridgehead atoms. The van der Waals surface area contributed by atoms with Crippen molar-refractivity contribution in [3.63, 3.8) is 0 Å². The van der Waals surface area contributed by atoms with E-state index in [0.29, 0.717) is 5.56 Å². The molecule has 3 N–H and O–H groups in total. The maximum Gasteiger partial charge on any atom is 0.121 e. The summed E-state index contributed by atoms with van der Waals surface area (Å²) in [5.41, 5.74) is 1.72. The van der Waals surface area contributed by atoms with Gasteiger partial charge in [0.05, 0.1) is 6.61 Å². The minimum Gasteiger partial charge on any atom is -0.508 e. The first-order valence-electron chi connectivity index (χ1n) is 6.14. The van der Waals surface area contributed by atoms with Gasteiger partial charge in [-0.25, -0.2) is 0 Å². The van der Waals surface area contributed by atoms with Crippen LogP contribution in [0, 0.1) is 0 Å². The molecule has 1 saturated heterocycles. The molecule has 4 nitrogen and oxygen atoms in total. The molecule has 17 heavy (non-hydrogen) atoms. The van der Waals surface area contributed by atoms with E-state index in [1.54, 1.807) is 12.1 Å². The van der Waals surface area contributed by atoms with Crippen LogP contribution in [0.3, 0.4) is 0 Å². The van der Waals surface area contributed by atoms with E-state index in [1.807, 2.05) is 6.07 Å². The Balaban J connectivity index is 1.87. The Morgan fingerprint density at radius 3 is 2.65 bits per heavy atom. The number of hydrogen-bond donors (Lipinski definition) is 3. The van der Waals surface area contributed by atoms with E-state index < -0.39 is 0 Å². The zero-order chi connectivity index (χ0) is 12.1. The van der Waals surface area contributed by atoms with Crippen molar-refractivity contribution in [2.45, 2.75) is 13.0 Å². The van der Waals surface area contributed by atoms with Crippen molar-refractivity contribution in [3.05, 3.63) is 29.3 Å². The lowest BCUT2D eigenvalue weighted by atomic mass is 10.1. The number of nitrogens with zero attached hydrogens (tertiary/aromatic N) is 1. The lowest BCUT2D eigenvalue weighted by molar-refractivity contribution is 0.243. The Morgan fingerprint density at radius 1 is 1.24 bits per heavy atom. The monoisotopic (exact) mass is 236 g/mol. The third-order valence-electron chi connectivity index (χ3n) is 3.25. The molecular formula is C13H20N2O2. The Bertz CT molecular complexity index is 362. The summed E-state index contributed by atoms with van der Waals surface area (Å²) in [4.78, 5) is 2.42. The van der Waals surface area contributed by atoms with Crippen molar-refractivity contribution >= 4 is 0 Å². The van der Waals surface area contributed by atoms with E-state index in [4.69, 9.17) is 5.11 Å². The zero-order valence-electron chi connectivity index (χ0n) is 10.0. The molecule has 4 heteroatoms. The summed E-state index contributed by atoms with van der Waals surface area (Å²) in [6, 6.07) is 5.53. The Morgan fingerprint density at radius 2 is 2.00 bits per heavy atom. The molecule has 1 aliphatic rings. The summed E-state index contributed by atoms with van der Waals surface area (Å²) in [5, 5.41) is 21.9. The van der Waals surface area contributed by atoms with Gasteiger partial charge in [0, 0.05) is 38.3 Å². The molecule has 1 aromatic carbocycles. The number of nitrogens with one attached hydrogen (secondary N) is 1. The molecule has 0 radical (unpaired) electrons. The number of aliphatic hydroxyl groups is 1. The SMILES string of the molecule is OCc1ccc(CCN2CCNCC2)cc1O. The normalized spacial score (nSPS) is 17.2. The molecule has 0 amide bonds. The molecule has 1 aliphatic heterocycles. The van der Waals surface area contributed by atoms with Gasteiger partial charge in [0.25, 0.3) is 0 Å². The molecule has 1 aromatic rings. The van der Waals surface area contributed by atoms with E-state index in [0.717, 1.165) is 44.7 Å². The molecule has 0 aromatic heterocycles. The fourth-order valence-electron chi connectivity index (χ4n) is 2.12. The van der Waals surface area contributed by atoms with Crippen LogP contribution in [0.25, 0.3) is 0 Å². The van der Waals surface area contributed by atoms with Crippen molar-refractivity contribution in [3.8, 4) is 5.75 Å². The van der Waals surface area contributed by atoms with Crippen LogP contribution in [0.4, 0.5) is 0 Å². The van der Waals surface area contributed by atoms with Gasteiger partial charge in [-0.1, -0.05) is 12.1 Å². The summed E-state index contributed by atoms with van der Waals surface area (Å²) in [5.74, 6) is 0.199. The molecule has 0 aliphatic carbocycles. The maximum atomic E-state index is 9.64. The number of benzene rings is 1. The minimum absolute atomic E-state index is 0.107. The summed E-state index contributed by atoms with van der Waals surface area (Å²) >= 11 is 0. The minimum atomic E-state index is -0.107. The third kappa shape index (κ3) is 3.43. The largest absolute Gasteiger partial charge is 0.508 e. The smallest absolute Gasteiger partial charge is 0.121 e. The number of piperazine rings is 1. The van der Waals surface area contributed by atoms with Gasteiger partial charge in [-0.3, -0.25) is 0 Å². The van der Waals surface area contributed by atoms with E-state index in [-0.39, 0.29) is 12.4 Å². The first-order valence-corrected chi connectivity index (χ1v) is 6.14. The predicted molar refractivity (Wildman–Crippen MR) is 67.0 cm³/mol. The summed E-state index contributed by atoms with van der Waals surface area (Å²) in [6.07, 6.45) is 0.944. The first-order chi connectivity index (χ1) is 8.29. The van der Waals surface area contributed by atoms with Gasteiger partial charge in [0.2, 0.25) is 0 Å². The average Bonchev–Trinajstić information content (AvgIpc) is 2.38. The van der Waals surface area contributed by atoms with E-state index >= 15 is 0 Å². The second-order valence-corrected chi connectivity index (χ2v) is 4.46. The van der Waals surface area contributed by atoms with E-state index in [2.05, 4.69) is 10.2 Å². The standard InChI is InChI=1S/C13H20N2O2/c16-10-12-2-1-11(9-13(12)17)3-6-15-7-4-14-5-8-15/h1-2,9,14,16-17H,3-8,10H2. The van der Waals surface area contributed by atoms with Crippen molar-refractivity contribution in [2.24, 2.45) is 0 Å². The Labute approximate surface area is 102 Å². The van der Waals surface area contributed by atoms with Crippen molar-refractivity contribution in [2.75, 3.05) is 32.7 Å². The van der Waals surface area contributed by atoms with Crippen LogP contribution >= 0.6 is 0 Å². The van der Waals surface area contributed by atoms with Gasteiger partial charge >= 0.3 is 0 Å². The van der Waals surface area contributed by atoms with Crippen LogP contribution < -0.4 is 5.32 Å². The number of rotatable bonds is 4. The number of aliphatic hydroxyl groups excluding tert-OH is 1. The van der Waals surface area contributed by atoms with Gasteiger partial charge in [0.1, 0.15) is 5.75 Å². The fraction of sp³-hybridized carbons (Fsp3) is 0.538. The highest BCUT2D eigenvalue weighted by Gasteiger charge is 2.09. The lowest BCUT2D eigenvalue weighted by Gasteiger charge is -2.27. The molecule has 0 spiro atoms. The highest BCUT2D eigenvalue weighted by Crippen LogP contribution is 2.19. The quantitative estimate of drug-likeness (QED) is 0.705. The molecule has 0 atom stereocenters. The fourth-order valence-corrected chi connectivity index (χ4v) is 2.12. The molecule has 1 heterocycles. The van der Waals surface area contributed by atoms with Crippen molar-refractivity contribution in [1.29, 1.82) is 0 Å². The van der Waals surface area contributed by atoms with Gasteiger partial charge < -0.3 is 20.4 Å². The Hall–Kier alpha value is -1.10. The number of hydrogen-bond acceptors (Lipinski definition) is 4. The first kappa shape index (κ1) is 12.4. The predicted octanol–water partition coefficient (Wildman–Crippen LogP) is 0.332. The molecular weight excluding hydrogens is 216 g/mol. The molecule has 1 fully saturated rings. The Kier molecular flexibility index (Phi) is 4.36. The van der Waals surface area contributed by atoms with Crippen LogP contribution in [0.1, 0.15) is 11.1 Å². The van der Waals surface area contributed by atoms with Crippen LogP contribution in [-0.2, 0) is 13.0 Å². The number of phenols is 1. The average molecular weight is 236 g/mol. The van der Waals surface area contributed by atoms with Crippen LogP contribution in [0.5, 0.6) is 5.75 Å². The second kappa shape index (κ2) is 6.00. The van der Waals surface area contributed by atoms with Gasteiger partial charge in [-0.05, 0) is 18.1 Å². The van der Waals surface area contributed by atoms with Crippen LogP contribution in [-0.4, -0.2) is 47.8 Å². The molecule has 0 unspecified atom stereocenters. The van der Waals surface area contributed by atoms with Crippen LogP contribution in [0.15, 0.2) is 18.2 Å². The zero-order valence-corrected chi connectivity index (χ0v) is 10.0. The third-order valence-corrected chi connectivity index (χ3v) is 3.25. The second-order valence-electron chi connectivity index (χ2n) is 4.46. The molecule has 2 rings (SSSR count). The van der Waals surface area contributed by atoms with Crippen molar-refractivity contribution in [1.82, 2.24) is 10.2 Å². The maximum absolute atomic E-state index is 9.64. The number of aromatic hydroxyl groups is 1. The van der Waals surface area contributed by atoms with Crippen molar-refractivity contribution < 1.29 is 10.2 Å². The summed E-state index contributed by atoms with van der Waals surface area (Å²) in [6.45, 7) is 5.24. The van der Waals surface area contributed by atoms with Gasteiger partial charge in [-0.15, -0.1) is 0 Å². The van der Waals surface area contributed by atoms with E-state index in [1.165, 1.54) is 0 Å². The summed E-state index contributed by atoms with van der Waals surface area (Å²) in [7, 11) is 0. The summed E-state index contributed by atoms with van der Waals surface area (Å²) < 4.78 is 0. The van der Waals surface area contributed by atoms with Crippen LogP contribution in [0.2, 0.25) is 0 Å². The molecule has 94 valence electrons. The topological polar surface area (TPSA) is 55.7 Å². The van der Waals surface area contributed by atoms with Gasteiger partial charge in [0.15, 0.2) is 0 Å². The molecule has 0 saturated carbocycles. The van der Waals surface area contributed by atoms with Gasteiger partial charge in [-0.2, -0.15) is 0 Å². The lowest BCUT2D eigenvalue weighted by Crippen LogP contribution is -2.44. The highest BCUT2D eigenvalue weighted by molar-refractivity contribution is 5.36. The van der Waals surface area contributed by atoms with E-state index in [9.17, 15) is 5.11 Å². The highest BCUT2D eigenvalue weighted by atomic mass is 16.3.